The Labute approximate surface area is 64.6 Å². The summed E-state index contributed by atoms with van der Waals surface area (Å²) in [5, 5.41) is 0. The molecule has 0 aliphatic rings. The van der Waals surface area contributed by atoms with Gasteiger partial charge in [0.15, 0.2) is 0 Å². The van der Waals surface area contributed by atoms with Crippen LogP contribution in [0, 0.1) is 6.92 Å². The summed E-state index contributed by atoms with van der Waals surface area (Å²) in [6.07, 6.45) is 6.43. The van der Waals surface area contributed by atoms with Gasteiger partial charge in [0.25, 0.3) is 0 Å². The normalized spacial score (nSPS) is 11.4. The predicted octanol–water partition coefficient (Wildman–Crippen LogP) is 3.51. The molecule has 57 valence electrons. The lowest BCUT2D eigenvalue weighted by Crippen LogP contribution is -1.71. The minimum Gasteiger partial charge on any atom is -0.0821 e. The lowest BCUT2D eigenvalue weighted by molar-refractivity contribution is 1.16. The molecule has 0 aliphatic heterocycles. The summed E-state index contributed by atoms with van der Waals surface area (Å²) in [6, 6.07) is 0. The van der Waals surface area contributed by atoms with Crippen LogP contribution in [-0.4, -0.2) is 0 Å². The standard InChI is InChI=1S/C10H17/c1-5-10(4)8-6-7-9(2)3/h7-8H,1,5-6H2,2-4H3/b10-8+. The van der Waals surface area contributed by atoms with Gasteiger partial charge in [-0.25, -0.2) is 0 Å². The third-order valence-corrected chi connectivity index (χ3v) is 1.39. The molecule has 0 nitrogen and oxygen atoms in total. The van der Waals surface area contributed by atoms with Gasteiger partial charge >= 0.3 is 0 Å². The van der Waals surface area contributed by atoms with Gasteiger partial charge in [-0.2, -0.15) is 0 Å². The summed E-state index contributed by atoms with van der Waals surface area (Å²) in [7, 11) is 0. The zero-order chi connectivity index (χ0) is 7.98. The molecule has 0 fully saturated rings. The van der Waals surface area contributed by atoms with Crippen molar-refractivity contribution < 1.29 is 0 Å². The van der Waals surface area contributed by atoms with Crippen molar-refractivity contribution in [1.82, 2.24) is 0 Å². The third-order valence-electron chi connectivity index (χ3n) is 1.39. The van der Waals surface area contributed by atoms with E-state index < -0.39 is 0 Å². The highest BCUT2D eigenvalue weighted by atomic mass is 13.9. The first-order valence-electron chi connectivity index (χ1n) is 3.75. The van der Waals surface area contributed by atoms with Crippen molar-refractivity contribution >= 4 is 0 Å². The van der Waals surface area contributed by atoms with E-state index >= 15 is 0 Å². The Balaban J connectivity index is 3.63. The van der Waals surface area contributed by atoms with Crippen LogP contribution in [0.1, 0.15) is 33.6 Å². The maximum Gasteiger partial charge on any atom is -0.0164 e. The van der Waals surface area contributed by atoms with E-state index in [0.29, 0.717) is 0 Å². The minimum absolute atomic E-state index is 0.927. The third kappa shape index (κ3) is 5.61. The van der Waals surface area contributed by atoms with Gasteiger partial charge in [0.05, 0.1) is 0 Å². The molecule has 0 spiro atoms. The average molecular weight is 137 g/mol. The molecule has 0 aromatic heterocycles. The fraction of sp³-hybridized carbons (Fsp3) is 0.500. The van der Waals surface area contributed by atoms with E-state index in [0.717, 1.165) is 12.8 Å². The fourth-order valence-corrected chi connectivity index (χ4v) is 0.598. The molecule has 0 saturated carbocycles. The average Bonchev–Trinajstić information content (AvgIpc) is 1.87. The largest absolute Gasteiger partial charge is 0.0821 e. The van der Waals surface area contributed by atoms with E-state index in [1.165, 1.54) is 11.1 Å². The number of allylic oxidation sites excluding steroid dienone is 4. The molecule has 1 radical (unpaired) electrons. The quantitative estimate of drug-likeness (QED) is 0.522. The molecule has 0 unspecified atom stereocenters. The summed E-state index contributed by atoms with van der Waals surface area (Å²) in [6.45, 7) is 10.1. The van der Waals surface area contributed by atoms with Crippen molar-refractivity contribution in [2.75, 3.05) is 0 Å². The highest BCUT2D eigenvalue weighted by Crippen LogP contribution is 2.01. The van der Waals surface area contributed by atoms with Crippen molar-refractivity contribution in [2.24, 2.45) is 0 Å². The molecule has 0 heteroatoms. The Morgan fingerprint density at radius 1 is 1.20 bits per heavy atom. The van der Waals surface area contributed by atoms with Crippen molar-refractivity contribution in [3.63, 3.8) is 0 Å². The first-order valence-corrected chi connectivity index (χ1v) is 3.75. The zero-order valence-corrected chi connectivity index (χ0v) is 7.28. The Bertz CT molecular complexity index is 134. The Hall–Kier alpha value is -0.520. The molecule has 0 N–H and O–H groups in total. The van der Waals surface area contributed by atoms with Crippen LogP contribution in [0.15, 0.2) is 23.3 Å². The van der Waals surface area contributed by atoms with Crippen molar-refractivity contribution in [3.8, 4) is 0 Å². The number of hydrogen-bond donors (Lipinski definition) is 0. The van der Waals surface area contributed by atoms with Crippen LogP contribution in [0.2, 0.25) is 0 Å². The SMILES string of the molecule is [CH2]C/C(C)=C/CC=C(C)C. The van der Waals surface area contributed by atoms with Gasteiger partial charge in [0, 0.05) is 0 Å². The van der Waals surface area contributed by atoms with Crippen molar-refractivity contribution in [2.45, 2.75) is 33.6 Å². The summed E-state index contributed by atoms with van der Waals surface area (Å²) in [5.41, 5.74) is 2.76. The lowest BCUT2D eigenvalue weighted by atomic mass is 10.2. The van der Waals surface area contributed by atoms with E-state index in [9.17, 15) is 0 Å². The minimum atomic E-state index is 0.927. The highest BCUT2D eigenvalue weighted by molar-refractivity contribution is 5.05. The second-order valence-corrected chi connectivity index (χ2v) is 2.82. The molecule has 0 saturated heterocycles. The predicted molar refractivity (Wildman–Crippen MR) is 47.8 cm³/mol. The zero-order valence-electron chi connectivity index (χ0n) is 7.28. The second kappa shape index (κ2) is 5.28. The van der Waals surface area contributed by atoms with Gasteiger partial charge in [0.2, 0.25) is 0 Å². The molecule has 0 rings (SSSR count). The van der Waals surface area contributed by atoms with E-state index in [4.69, 9.17) is 0 Å². The molecule has 0 amide bonds. The molecule has 0 bridgehead atoms. The smallest absolute Gasteiger partial charge is 0.0164 e. The van der Waals surface area contributed by atoms with Gasteiger partial charge in [-0.1, -0.05) is 23.3 Å². The van der Waals surface area contributed by atoms with Crippen molar-refractivity contribution in [3.05, 3.63) is 30.2 Å². The molecule has 10 heavy (non-hydrogen) atoms. The van der Waals surface area contributed by atoms with E-state index in [2.05, 4.69) is 39.8 Å². The van der Waals surface area contributed by atoms with Gasteiger partial charge in [-0.15, -0.1) is 0 Å². The monoisotopic (exact) mass is 137 g/mol. The Kier molecular flexibility index (Phi) is 5.00. The second-order valence-electron chi connectivity index (χ2n) is 2.82. The maximum absolute atomic E-state index is 3.79. The van der Waals surface area contributed by atoms with Gasteiger partial charge < -0.3 is 0 Å². The molecular weight excluding hydrogens is 120 g/mol. The van der Waals surface area contributed by atoms with Crippen molar-refractivity contribution in [1.29, 1.82) is 0 Å². The fourth-order valence-electron chi connectivity index (χ4n) is 0.598. The van der Waals surface area contributed by atoms with Gasteiger partial charge in [0.1, 0.15) is 0 Å². The first kappa shape index (κ1) is 9.48. The van der Waals surface area contributed by atoms with Crippen LogP contribution in [0.4, 0.5) is 0 Å². The molecule has 0 aromatic rings. The molecule has 0 heterocycles. The molecule has 0 atom stereocenters. The van der Waals surface area contributed by atoms with Gasteiger partial charge in [-0.05, 0) is 40.5 Å². The van der Waals surface area contributed by atoms with Crippen LogP contribution in [0.3, 0.4) is 0 Å². The van der Waals surface area contributed by atoms with Crippen LogP contribution in [0.25, 0.3) is 0 Å². The van der Waals surface area contributed by atoms with Crippen LogP contribution < -0.4 is 0 Å². The molecular formula is C10H17. The highest BCUT2D eigenvalue weighted by Gasteiger charge is 1.80. The van der Waals surface area contributed by atoms with Crippen LogP contribution >= 0.6 is 0 Å². The van der Waals surface area contributed by atoms with E-state index in [1.807, 2.05) is 0 Å². The van der Waals surface area contributed by atoms with Crippen LogP contribution in [-0.2, 0) is 0 Å². The summed E-state index contributed by atoms with van der Waals surface area (Å²) in [5.74, 6) is 0. The Morgan fingerprint density at radius 3 is 2.20 bits per heavy atom. The van der Waals surface area contributed by atoms with Crippen LogP contribution in [0.5, 0.6) is 0 Å². The topological polar surface area (TPSA) is 0 Å². The first-order chi connectivity index (χ1) is 4.66. The number of rotatable bonds is 3. The summed E-state index contributed by atoms with van der Waals surface area (Å²) >= 11 is 0. The van der Waals surface area contributed by atoms with E-state index in [-0.39, 0.29) is 0 Å². The summed E-state index contributed by atoms with van der Waals surface area (Å²) in [4.78, 5) is 0. The molecule has 0 aliphatic carbocycles. The van der Waals surface area contributed by atoms with E-state index in [1.54, 1.807) is 0 Å². The number of hydrogen-bond acceptors (Lipinski definition) is 0. The molecule has 0 aromatic carbocycles. The van der Waals surface area contributed by atoms with Gasteiger partial charge in [-0.3, -0.25) is 0 Å². The maximum atomic E-state index is 3.79. The summed E-state index contributed by atoms with van der Waals surface area (Å²) < 4.78 is 0. The Morgan fingerprint density at radius 2 is 1.80 bits per heavy atom. The lowest BCUT2D eigenvalue weighted by Gasteiger charge is -1.92.